The van der Waals surface area contributed by atoms with Gasteiger partial charge in [-0.15, -0.1) is 0 Å². The lowest BCUT2D eigenvalue weighted by Gasteiger charge is -1.91. The van der Waals surface area contributed by atoms with Crippen molar-refractivity contribution >= 4 is 5.97 Å². The summed E-state index contributed by atoms with van der Waals surface area (Å²) in [6.45, 7) is 1.34. The molecule has 0 aliphatic carbocycles. The van der Waals surface area contributed by atoms with Gasteiger partial charge in [-0.25, -0.2) is 13.8 Å². The molecule has 6 heteroatoms. The predicted octanol–water partition coefficient (Wildman–Crippen LogP) is 1.55. The van der Waals surface area contributed by atoms with Crippen LogP contribution in [0, 0.1) is 6.92 Å². The molecule has 0 aromatic carbocycles. The number of oxazole rings is 1. The van der Waals surface area contributed by atoms with Gasteiger partial charge in [-0.05, 0) is 6.92 Å². The number of aryl methyl sites for hydroxylation is 1. The monoisotopic (exact) mass is 191 g/mol. The van der Waals surface area contributed by atoms with Crippen molar-refractivity contribution in [1.29, 1.82) is 0 Å². The first-order valence-electron chi connectivity index (χ1n) is 3.47. The van der Waals surface area contributed by atoms with Crippen LogP contribution in [0.15, 0.2) is 4.42 Å². The molecule has 0 saturated heterocycles. The third-order valence-corrected chi connectivity index (χ3v) is 1.38. The summed E-state index contributed by atoms with van der Waals surface area (Å²) in [6.07, 6.45) is -3.23. The van der Waals surface area contributed by atoms with Crippen molar-refractivity contribution in [3.8, 4) is 0 Å². The van der Waals surface area contributed by atoms with Crippen LogP contribution in [-0.4, -0.2) is 16.1 Å². The van der Waals surface area contributed by atoms with Crippen LogP contribution in [0.2, 0.25) is 0 Å². The van der Waals surface area contributed by atoms with Gasteiger partial charge in [0, 0.05) is 0 Å². The Hall–Kier alpha value is -1.46. The van der Waals surface area contributed by atoms with E-state index in [0.29, 0.717) is 0 Å². The van der Waals surface area contributed by atoms with Gasteiger partial charge in [0.15, 0.2) is 5.76 Å². The van der Waals surface area contributed by atoms with E-state index in [4.69, 9.17) is 5.11 Å². The predicted molar refractivity (Wildman–Crippen MR) is 37.5 cm³/mol. The highest BCUT2D eigenvalue weighted by molar-refractivity contribution is 5.68. The second kappa shape index (κ2) is 3.51. The zero-order chi connectivity index (χ0) is 10.0. The standard InChI is InChI=1S/C7H7F2NO3/c1-3-6(7(8)9)13-4(10-3)2-5(11)12/h7H,2H2,1H3,(H,11,12). The summed E-state index contributed by atoms with van der Waals surface area (Å²) in [6, 6.07) is 0. The maximum absolute atomic E-state index is 12.1. The van der Waals surface area contributed by atoms with Crippen LogP contribution in [0.25, 0.3) is 0 Å². The summed E-state index contributed by atoms with van der Waals surface area (Å²) in [5, 5.41) is 8.32. The number of aliphatic carboxylic acids is 1. The second-order valence-electron chi connectivity index (χ2n) is 2.43. The molecule has 0 radical (unpaired) electrons. The fourth-order valence-corrected chi connectivity index (χ4v) is 0.873. The lowest BCUT2D eigenvalue weighted by Crippen LogP contribution is -1.99. The van der Waals surface area contributed by atoms with Crippen LogP contribution in [0.1, 0.15) is 23.8 Å². The van der Waals surface area contributed by atoms with Crippen molar-refractivity contribution in [2.75, 3.05) is 0 Å². The number of nitrogens with zero attached hydrogens (tertiary/aromatic N) is 1. The Kier molecular flexibility index (Phi) is 2.60. The van der Waals surface area contributed by atoms with Crippen molar-refractivity contribution in [2.24, 2.45) is 0 Å². The minimum absolute atomic E-state index is 0.0336. The summed E-state index contributed by atoms with van der Waals surface area (Å²) in [7, 11) is 0. The van der Waals surface area contributed by atoms with Crippen LogP contribution in [-0.2, 0) is 11.2 Å². The molecule has 0 bridgehead atoms. The molecule has 1 aromatic rings. The first kappa shape index (κ1) is 9.63. The lowest BCUT2D eigenvalue weighted by atomic mass is 10.4. The average Bonchev–Trinajstić information content (AvgIpc) is 2.29. The van der Waals surface area contributed by atoms with Crippen LogP contribution >= 0.6 is 0 Å². The summed E-state index contributed by atoms with van der Waals surface area (Å²) in [5.74, 6) is -1.92. The lowest BCUT2D eigenvalue weighted by molar-refractivity contribution is -0.136. The molecule has 0 aliphatic heterocycles. The van der Waals surface area contributed by atoms with Crippen molar-refractivity contribution in [3.05, 3.63) is 17.3 Å². The number of hydrogen-bond acceptors (Lipinski definition) is 3. The van der Waals surface area contributed by atoms with Gasteiger partial charge in [-0.3, -0.25) is 4.79 Å². The number of rotatable bonds is 3. The zero-order valence-electron chi connectivity index (χ0n) is 6.75. The van der Waals surface area contributed by atoms with E-state index in [-0.39, 0.29) is 11.6 Å². The average molecular weight is 191 g/mol. The Morgan fingerprint density at radius 1 is 1.69 bits per heavy atom. The third kappa shape index (κ3) is 2.24. The van der Waals surface area contributed by atoms with E-state index in [9.17, 15) is 13.6 Å². The summed E-state index contributed by atoms with van der Waals surface area (Å²) in [4.78, 5) is 13.7. The Labute approximate surface area is 72.2 Å². The van der Waals surface area contributed by atoms with Gasteiger partial charge in [0.2, 0.25) is 5.89 Å². The molecule has 1 N–H and O–H groups in total. The molecule has 1 heterocycles. The van der Waals surface area contributed by atoms with E-state index >= 15 is 0 Å². The zero-order valence-corrected chi connectivity index (χ0v) is 6.75. The third-order valence-electron chi connectivity index (χ3n) is 1.38. The highest BCUT2D eigenvalue weighted by atomic mass is 19.3. The molecule has 72 valence electrons. The molecule has 0 amide bonds. The molecule has 4 nitrogen and oxygen atoms in total. The molecular weight excluding hydrogens is 184 g/mol. The van der Waals surface area contributed by atoms with Crippen molar-refractivity contribution < 1.29 is 23.1 Å². The second-order valence-corrected chi connectivity index (χ2v) is 2.43. The first-order valence-corrected chi connectivity index (χ1v) is 3.47. The van der Waals surface area contributed by atoms with E-state index in [0.717, 1.165) is 0 Å². The number of alkyl halides is 2. The van der Waals surface area contributed by atoms with Gasteiger partial charge in [-0.2, -0.15) is 0 Å². The molecule has 0 spiro atoms. The minimum atomic E-state index is -2.75. The van der Waals surface area contributed by atoms with Gasteiger partial charge in [0.1, 0.15) is 6.42 Å². The molecule has 0 atom stereocenters. The molecule has 0 unspecified atom stereocenters. The number of aromatic nitrogens is 1. The Morgan fingerprint density at radius 3 is 2.69 bits per heavy atom. The van der Waals surface area contributed by atoms with Crippen molar-refractivity contribution in [1.82, 2.24) is 4.98 Å². The summed E-state index contributed by atoms with van der Waals surface area (Å²) < 4.78 is 28.7. The van der Waals surface area contributed by atoms with E-state index in [2.05, 4.69) is 9.40 Å². The van der Waals surface area contributed by atoms with Gasteiger partial charge >= 0.3 is 5.97 Å². The highest BCUT2D eigenvalue weighted by Gasteiger charge is 2.19. The van der Waals surface area contributed by atoms with Gasteiger partial charge in [0.05, 0.1) is 5.69 Å². The van der Waals surface area contributed by atoms with Crippen LogP contribution < -0.4 is 0 Å². The molecule has 1 rings (SSSR count). The van der Waals surface area contributed by atoms with Crippen LogP contribution in [0.4, 0.5) is 8.78 Å². The van der Waals surface area contributed by atoms with Gasteiger partial charge in [0.25, 0.3) is 6.43 Å². The smallest absolute Gasteiger partial charge is 0.312 e. The fourth-order valence-electron chi connectivity index (χ4n) is 0.873. The first-order chi connectivity index (χ1) is 6.00. The number of carboxylic acids is 1. The van der Waals surface area contributed by atoms with Crippen molar-refractivity contribution in [3.63, 3.8) is 0 Å². The Morgan fingerprint density at radius 2 is 2.31 bits per heavy atom. The molecule has 0 fully saturated rings. The summed E-state index contributed by atoms with van der Waals surface area (Å²) >= 11 is 0. The topological polar surface area (TPSA) is 63.3 Å². The highest BCUT2D eigenvalue weighted by Crippen LogP contribution is 2.23. The maximum atomic E-state index is 12.1. The Bertz CT molecular complexity index is 322. The number of halogens is 2. The van der Waals surface area contributed by atoms with Crippen molar-refractivity contribution in [2.45, 2.75) is 19.8 Å². The SMILES string of the molecule is Cc1nc(CC(=O)O)oc1C(F)F. The number of hydrogen-bond donors (Lipinski definition) is 1. The molecule has 0 aliphatic rings. The van der Waals surface area contributed by atoms with E-state index in [1.165, 1.54) is 6.92 Å². The number of carbonyl (C=O) groups is 1. The van der Waals surface area contributed by atoms with E-state index < -0.39 is 24.6 Å². The van der Waals surface area contributed by atoms with E-state index in [1.54, 1.807) is 0 Å². The maximum Gasteiger partial charge on any atom is 0.312 e. The largest absolute Gasteiger partial charge is 0.481 e. The Balaban J connectivity index is 2.88. The van der Waals surface area contributed by atoms with Gasteiger partial charge < -0.3 is 9.52 Å². The van der Waals surface area contributed by atoms with E-state index in [1.807, 2.05) is 0 Å². The fraction of sp³-hybridized carbons (Fsp3) is 0.429. The van der Waals surface area contributed by atoms with Crippen LogP contribution in [0.3, 0.4) is 0 Å². The molecule has 13 heavy (non-hydrogen) atoms. The molecular formula is C7H7F2NO3. The van der Waals surface area contributed by atoms with Crippen LogP contribution in [0.5, 0.6) is 0 Å². The number of carboxylic acid groups (broad SMARTS) is 1. The molecule has 0 saturated carbocycles. The minimum Gasteiger partial charge on any atom is -0.481 e. The molecule has 1 aromatic heterocycles. The quantitative estimate of drug-likeness (QED) is 0.787. The van der Waals surface area contributed by atoms with Gasteiger partial charge in [-0.1, -0.05) is 0 Å². The normalized spacial score (nSPS) is 10.8. The summed E-state index contributed by atoms with van der Waals surface area (Å²) in [5.41, 5.74) is 0.0336.